The Bertz CT molecular complexity index is 489. The fourth-order valence-electron chi connectivity index (χ4n) is 3.08. The molecule has 1 aliphatic rings. The summed E-state index contributed by atoms with van der Waals surface area (Å²) >= 11 is 1.80. The fraction of sp³-hybridized carbons (Fsp3) is 0.706. The molecular weight excluding hydrogens is 282 g/mol. The van der Waals surface area contributed by atoms with E-state index in [-0.39, 0.29) is 16.7 Å². The second kappa shape index (κ2) is 6.47. The van der Waals surface area contributed by atoms with Crippen molar-refractivity contribution in [3.05, 3.63) is 23.7 Å². The van der Waals surface area contributed by atoms with Gasteiger partial charge in [0.05, 0.1) is 0 Å². The minimum Gasteiger partial charge on any atom is -0.463 e. The lowest BCUT2D eigenvalue weighted by Gasteiger charge is -2.26. The molecule has 0 bridgehead atoms. The smallest absolute Gasteiger partial charge is 0.224 e. The van der Waals surface area contributed by atoms with Gasteiger partial charge in [0.15, 0.2) is 0 Å². The van der Waals surface area contributed by atoms with Crippen LogP contribution in [0.2, 0.25) is 0 Å². The largest absolute Gasteiger partial charge is 0.463 e. The number of carbonyl (C=O) groups is 1. The summed E-state index contributed by atoms with van der Waals surface area (Å²) < 4.78 is 5.72. The molecule has 1 aromatic rings. The zero-order valence-electron chi connectivity index (χ0n) is 13.8. The van der Waals surface area contributed by atoms with Gasteiger partial charge in [0, 0.05) is 18.7 Å². The Morgan fingerprint density at radius 1 is 1.48 bits per heavy atom. The average Bonchev–Trinajstić information content (AvgIpc) is 2.93. The van der Waals surface area contributed by atoms with Crippen molar-refractivity contribution in [2.75, 3.05) is 12.3 Å². The van der Waals surface area contributed by atoms with Gasteiger partial charge in [-0.05, 0) is 36.8 Å². The third-order valence-corrected chi connectivity index (χ3v) is 4.92. The van der Waals surface area contributed by atoms with Gasteiger partial charge in [0.2, 0.25) is 5.91 Å². The van der Waals surface area contributed by atoms with Gasteiger partial charge in [-0.1, -0.05) is 27.7 Å². The highest BCUT2D eigenvalue weighted by atomic mass is 32.2. The summed E-state index contributed by atoms with van der Waals surface area (Å²) in [5.74, 6) is 3.49. The molecule has 0 radical (unpaired) electrons. The standard InChI is InChI=1S/C17H27NO2S/c1-12(11-17(3,4)5)10-15(19)18-8-9-21-16(18)14-7-6-13(2)20-14/h6-7,12,16H,8-11H2,1-5H3/t12-,16-/m0/s1. The zero-order valence-corrected chi connectivity index (χ0v) is 14.6. The van der Waals surface area contributed by atoms with Crippen molar-refractivity contribution >= 4 is 17.7 Å². The Morgan fingerprint density at radius 3 is 2.76 bits per heavy atom. The second-order valence-electron chi connectivity index (χ2n) is 7.33. The van der Waals surface area contributed by atoms with Crippen molar-refractivity contribution in [1.82, 2.24) is 4.90 Å². The summed E-state index contributed by atoms with van der Waals surface area (Å²) in [6.07, 6.45) is 1.71. The maximum absolute atomic E-state index is 12.6. The molecule has 2 atom stereocenters. The summed E-state index contributed by atoms with van der Waals surface area (Å²) in [4.78, 5) is 14.6. The number of hydrogen-bond donors (Lipinski definition) is 0. The predicted octanol–water partition coefficient (Wildman–Crippen LogP) is 4.62. The molecule has 4 heteroatoms. The lowest BCUT2D eigenvalue weighted by molar-refractivity contribution is -0.132. The van der Waals surface area contributed by atoms with E-state index >= 15 is 0 Å². The first-order chi connectivity index (χ1) is 9.76. The SMILES string of the molecule is Cc1ccc([C@@H]2SCCN2C(=O)C[C@H](C)CC(C)(C)C)o1. The molecule has 0 spiro atoms. The minimum absolute atomic E-state index is 0.0630. The lowest BCUT2D eigenvalue weighted by Crippen LogP contribution is -2.31. The molecule has 1 saturated heterocycles. The van der Waals surface area contributed by atoms with Crippen LogP contribution in [0.3, 0.4) is 0 Å². The highest BCUT2D eigenvalue weighted by molar-refractivity contribution is 7.99. The van der Waals surface area contributed by atoms with E-state index in [0.717, 1.165) is 30.2 Å². The normalized spacial score (nSPS) is 20.8. The predicted molar refractivity (Wildman–Crippen MR) is 88.2 cm³/mol. The Balaban J connectivity index is 1.98. The molecule has 1 aliphatic heterocycles. The van der Waals surface area contributed by atoms with Crippen LogP contribution in [-0.4, -0.2) is 23.1 Å². The van der Waals surface area contributed by atoms with Crippen LogP contribution in [-0.2, 0) is 4.79 Å². The Hall–Kier alpha value is -0.900. The Morgan fingerprint density at radius 2 is 2.19 bits per heavy atom. The molecule has 0 saturated carbocycles. The van der Waals surface area contributed by atoms with Crippen molar-refractivity contribution in [3.63, 3.8) is 0 Å². The molecule has 0 aliphatic carbocycles. The van der Waals surface area contributed by atoms with E-state index in [1.807, 2.05) is 24.0 Å². The van der Waals surface area contributed by atoms with E-state index < -0.39 is 0 Å². The number of aryl methyl sites for hydroxylation is 1. The monoisotopic (exact) mass is 309 g/mol. The fourth-order valence-corrected chi connectivity index (χ4v) is 4.30. The molecule has 118 valence electrons. The van der Waals surface area contributed by atoms with Crippen LogP contribution in [0.5, 0.6) is 0 Å². The molecule has 1 aromatic heterocycles. The average molecular weight is 309 g/mol. The molecule has 2 heterocycles. The molecular formula is C17H27NO2S. The number of furan rings is 1. The molecule has 0 N–H and O–H groups in total. The summed E-state index contributed by atoms with van der Waals surface area (Å²) in [6, 6.07) is 3.97. The maximum Gasteiger partial charge on any atom is 0.224 e. The van der Waals surface area contributed by atoms with E-state index in [2.05, 4.69) is 27.7 Å². The maximum atomic E-state index is 12.6. The minimum atomic E-state index is 0.0630. The lowest BCUT2D eigenvalue weighted by atomic mass is 9.84. The molecule has 1 fully saturated rings. The summed E-state index contributed by atoms with van der Waals surface area (Å²) in [5.41, 5.74) is 0.275. The highest BCUT2D eigenvalue weighted by Gasteiger charge is 2.33. The van der Waals surface area contributed by atoms with Gasteiger partial charge in [-0.2, -0.15) is 0 Å². The number of hydrogen-bond acceptors (Lipinski definition) is 3. The molecule has 0 aromatic carbocycles. The van der Waals surface area contributed by atoms with Gasteiger partial charge in [0.25, 0.3) is 0 Å². The van der Waals surface area contributed by atoms with Gasteiger partial charge >= 0.3 is 0 Å². The van der Waals surface area contributed by atoms with Crippen molar-refractivity contribution in [2.24, 2.45) is 11.3 Å². The second-order valence-corrected chi connectivity index (χ2v) is 8.52. The number of thioether (sulfide) groups is 1. The van der Waals surface area contributed by atoms with Crippen LogP contribution in [0.1, 0.15) is 57.4 Å². The summed E-state index contributed by atoms with van der Waals surface area (Å²) in [7, 11) is 0. The van der Waals surface area contributed by atoms with E-state index in [9.17, 15) is 4.79 Å². The van der Waals surface area contributed by atoms with Crippen molar-refractivity contribution in [2.45, 2.75) is 52.8 Å². The molecule has 2 rings (SSSR count). The number of amides is 1. The quantitative estimate of drug-likeness (QED) is 0.813. The third kappa shape index (κ3) is 4.53. The topological polar surface area (TPSA) is 33.5 Å². The van der Waals surface area contributed by atoms with Crippen molar-refractivity contribution in [1.29, 1.82) is 0 Å². The molecule has 21 heavy (non-hydrogen) atoms. The van der Waals surface area contributed by atoms with Gasteiger partial charge < -0.3 is 9.32 Å². The summed E-state index contributed by atoms with van der Waals surface area (Å²) in [5, 5.41) is 0.0630. The molecule has 3 nitrogen and oxygen atoms in total. The van der Waals surface area contributed by atoms with Crippen molar-refractivity contribution in [3.8, 4) is 0 Å². The van der Waals surface area contributed by atoms with Crippen LogP contribution in [0, 0.1) is 18.3 Å². The van der Waals surface area contributed by atoms with E-state index in [4.69, 9.17) is 4.42 Å². The first kappa shape index (κ1) is 16.5. The van der Waals surface area contributed by atoms with Crippen LogP contribution in [0.4, 0.5) is 0 Å². The molecule has 0 unspecified atom stereocenters. The van der Waals surface area contributed by atoms with E-state index in [0.29, 0.717) is 12.3 Å². The van der Waals surface area contributed by atoms with Crippen LogP contribution < -0.4 is 0 Å². The highest BCUT2D eigenvalue weighted by Crippen LogP contribution is 2.39. The third-order valence-electron chi connectivity index (χ3n) is 3.70. The van der Waals surface area contributed by atoms with Gasteiger partial charge in [-0.15, -0.1) is 11.8 Å². The Labute approximate surface area is 132 Å². The van der Waals surface area contributed by atoms with Crippen LogP contribution in [0.15, 0.2) is 16.5 Å². The first-order valence-electron chi connectivity index (χ1n) is 7.74. The van der Waals surface area contributed by atoms with Gasteiger partial charge in [-0.25, -0.2) is 0 Å². The van der Waals surface area contributed by atoms with Crippen LogP contribution in [0.25, 0.3) is 0 Å². The van der Waals surface area contributed by atoms with Gasteiger partial charge in [-0.3, -0.25) is 4.79 Å². The first-order valence-corrected chi connectivity index (χ1v) is 8.78. The molecule has 1 amide bonds. The number of carbonyl (C=O) groups excluding carboxylic acids is 1. The van der Waals surface area contributed by atoms with Crippen LogP contribution >= 0.6 is 11.8 Å². The summed E-state index contributed by atoms with van der Waals surface area (Å²) in [6.45, 7) is 11.6. The Kier molecular flexibility index (Phi) is 5.07. The van der Waals surface area contributed by atoms with Crippen molar-refractivity contribution < 1.29 is 9.21 Å². The number of rotatable bonds is 4. The van der Waals surface area contributed by atoms with E-state index in [1.165, 1.54) is 0 Å². The number of nitrogens with zero attached hydrogens (tertiary/aromatic N) is 1. The zero-order chi connectivity index (χ0) is 15.6. The van der Waals surface area contributed by atoms with E-state index in [1.54, 1.807) is 11.8 Å². The van der Waals surface area contributed by atoms with Gasteiger partial charge in [0.1, 0.15) is 16.9 Å².